The van der Waals surface area contributed by atoms with Crippen LogP contribution in [0, 0.1) is 12.8 Å². The van der Waals surface area contributed by atoms with Crippen LogP contribution in [0.25, 0.3) is 6.08 Å². The molecule has 3 heterocycles. The number of carbonyl (C=O) groups is 2. The number of likely N-dealkylation sites (tertiary alicyclic amines) is 1. The van der Waals surface area contributed by atoms with Gasteiger partial charge < -0.3 is 21.1 Å². The number of nitrogens with one attached hydrogen (secondary N) is 2. The van der Waals surface area contributed by atoms with Crippen LogP contribution in [0.5, 0.6) is 0 Å². The summed E-state index contributed by atoms with van der Waals surface area (Å²) >= 11 is 6.42. The fraction of sp³-hybridized carbons (Fsp3) is 0.353. The SMILES string of the molecule is C=Cc1c(C)cccc1[C@H]1[C@@H]2NC(c3ccc(C(=O)OC)cc3N)C[C@@H]2N(CC2CC2)[C@@]12C(=O)Nc1cc(Cl)ccc12. The number of rotatable bonds is 6. The molecule has 216 valence electrons. The number of anilines is 2. The molecule has 7 rings (SSSR count). The average Bonchev–Trinajstić information content (AvgIpc) is 3.55. The summed E-state index contributed by atoms with van der Waals surface area (Å²) in [5.74, 6) is -0.0522. The molecule has 0 aromatic heterocycles. The Morgan fingerprint density at radius 2 is 2.00 bits per heavy atom. The van der Waals surface area contributed by atoms with E-state index in [1.54, 1.807) is 12.1 Å². The summed E-state index contributed by atoms with van der Waals surface area (Å²) in [7, 11) is 1.37. The van der Waals surface area contributed by atoms with Gasteiger partial charge in [-0.15, -0.1) is 0 Å². The number of hydrogen-bond donors (Lipinski definition) is 3. The molecule has 1 aliphatic carbocycles. The Bertz CT molecular complexity index is 1630. The van der Waals surface area contributed by atoms with Crippen LogP contribution in [0.3, 0.4) is 0 Å². The van der Waals surface area contributed by atoms with E-state index in [1.165, 1.54) is 20.0 Å². The molecule has 4 aliphatic rings. The number of carbonyl (C=O) groups excluding carboxylic acids is 2. The van der Waals surface area contributed by atoms with Gasteiger partial charge in [0.2, 0.25) is 5.91 Å². The van der Waals surface area contributed by atoms with Crippen LogP contribution >= 0.6 is 11.6 Å². The molecule has 3 fully saturated rings. The van der Waals surface area contributed by atoms with Crippen molar-refractivity contribution in [3.05, 3.63) is 99.6 Å². The topological polar surface area (TPSA) is 96.7 Å². The van der Waals surface area contributed by atoms with Gasteiger partial charge in [0.25, 0.3) is 0 Å². The Kier molecular flexibility index (Phi) is 6.46. The smallest absolute Gasteiger partial charge is 0.337 e. The molecule has 1 amide bonds. The van der Waals surface area contributed by atoms with Gasteiger partial charge in [0.05, 0.1) is 12.7 Å². The molecule has 1 unspecified atom stereocenters. The number of esters is 1. The van der Waals surface area contributed by atoms with E-state index in [4.69, 9.17) is 22.1 Å². The molecule has 3 aliphatic heterocycles. The predicted molar refractivity (Wildman–Crippen MR) is 165 cm³/mol. The maximum Gasteiger partial charge on any atom is 0.337 e. The zero-order valence-electron chi connectivity index (χ0n) is 23.8. The minimum absolute atomic E-state index is 0.00312. The van der Waals surface area contributed by atoms with Gasteiger partial charge in [0.15, 0.2) is 0 Å². The molecular weight excluding hydrogens is 548 g/mol. The summed E-state index contributed by atoms with van der Waals surface area (Å²) in [4.78, 5) is 29.1. The highest BCUT2D eigenvalue weighted by Gasteiger charge is 2.69. The monoisotopic (exact) mass is 582 g/mol. The number of methoxy groups -OCH3 is 1. The van der Waals surface area contributed by atoms with Crippen molar-refractivity contribution < 1.29 is 14.3 Å². The second-order valence-corrected chi connectivity index (χ2v) is 12.6. The minimum Gasteiger partial charge on any atom is -0.465 e. The van der Waals surface area contributed by atoms with Crippen molar-refractivity contribution in [2.24, 2.45) is 5.92 Å². The molecule has 1 spiro atoms. The lowest BCUT2D eigenvalue weighted by atomic mass is 9.72. The van der Waals surface area contributed by atoms with Crippen molar-refractivity contribution >= 4 is 40.9 Å². The molecule has 4 N–H and O–H groups in total. The number of fused-ring (bicyclic) bond motifs is 3. The van der Waals surface area contributed by atoms with E-state index in [-0.39, 0.29) is 30.0 Å². The molecule has 2 saturated heterocycles. The lowest BCUT2D eigenvalue weighted by molar-refractivity contribution is -0.128. The van der Waals surface area contributed by atoms with Crippen molar-refractivity contribution in [1.82, 2.24) is 10.2 Å². The minimum atomic E-state index is -0.901. The number of benzene rings is 3. The highest BCUT2D eigenvalue weighted by molar-refractivity contribution is 6.31. The van der Waals surface area contributed by atoms with Gasteiger partial charge in [-0.05, 0) is 78.6 Å². The Hall–Kier alpha value is -3.65. The van der Waals surface area contributed by atoms with E-state index < -0.39 is 11.5 Å². The van der Waals surface area contributed by atoms with E-state index in [2.05, 4.69) is 47.2 Å². The first kappa shape index (κ1) is 27.2. The number of hydrogen-bond acceptors (Lipinski definition) is 6. The van der Waals surface area contributed by atoms with Gasteiger partial charge in [-0.3, -0.25) is 9.69 Å². The summed E-state index contributed by atoms with van der Waals surface area (Å²) < 4.78 is 4.90. The molecule has 7 nitrogen and oxygen atoms in total. The Balaban J connectivity index is 1.40. The third-order valence-corrected chi connectivity index (χ3v) is 10.1. The summed E-state index contributed by atoms with van der Waals surface area (Å²) in [6.45, 7) is 7.11. The molecule has 3 aromatic rings. The first-order valence-corrected chi connectivity index (χ1v) is 15.0. The summed E-state index contributed by atoms with van der Waals surface area (Å²) in [5.41, 5.74) is 12.6. The zero-order valence-corrected chi connectivity index (χ0v) is 24.6. The van der Waals surface area contributed by atoms with Gasteiger partial charge >= 0.3 is 5.97 Å². The molecular formula is C34H35ClN4O3. The van der Waals surface area contributed by atoms with Crippen LogP contribution in [-0.4, -0.2) is 42.5 Å². The Morgan fingerprint density at radius 3 is 2.71 bits per heavy atom. The van der Waals surface area contributed by atoms with E-state index in [1.807, 2.05) is 30.3 Å². The lowest BCUT2D eigenvalue weighted by Gasteiger charge is -2.41. The predicted octanol–water partition coefficient (Wildman–Crippen LogP) is 5.79. The third-order valence-electron chi connectivity index (χ3n) is 9.87. The van der Waals surface area contributed by atoms with E-state index in [0.717, 1.165) is 46.5 Å². The van der Waals surface area contributed by atoms with Gasteiger partial charge in [0, 0.05) is 52.5 Å². The van der Waals surface area contributed by atoms with Crippen LogP contribution in [0.15, 0.2) is 61.2 Å². The Labute approximate surface area is 251 Å². The standard InChI is InChI=1S/C34H35ClN4O3/c1-4-22-18(2)6-5-7-23(22)30-31-29(16-27(37-31)24-12-10-20(14-26(24)36)32(40)42-3)39(17-19-8-9-19)34(30)25-13-11-21(35)15-28(25)38-33(34)41/h4-7,10-15,19,27,29-31,37H,1,8-9,16-17,36H2,2-3H3,(H,38,41)/t27?,29-,30-,31+,34+/m0/s1. The highest BCUT2D eigenvalue weighted by atomic mass is 35.5. The molecule has 5 atom stereocenters. The first-order chi connectivity index (χ1) is 20.3. The largest absolute Gasteiger partial charge is 0.465 e. The van der Waals surface area contributed by atoms with Crippen LogP contribution in [-0.2, 0) is 15.1 Å². The van der Waals surface area contributed by atoms with Gasteiger partial charge in [-0.25, -0.2) is 4.79 Å². The van der Waals surface area contributed by atoms with Gasteiger partial charge in [-0.1, -0.05) is 54.6 Å². The molecule has 3 aromatic carbocycles. The Morgan fingerprint density at radius 1 is 1.19 bits per heavy atom. The molecule has 0 bridgehead atoms. The fourth-order valence-electron chi connectivity index (χ4n) is 7.91. The average molecular weight is 583 g/mol. The lowest BCUT2D eigenvalue weighted by Crippen LogP contribution is -2.53. The maximum atomic E-state index is 14.5. The first-order valence-electron chi connectivity index (χ1n) is 14.6. The second kappa shape index (κ2) is 9.97. The summed E-state index contributed by atoms with van der Waals surface area (Å²) in [6.07, 6.45) is 5.04. The van der Waals surface area contributed by atoms with E-state index >= 15 is 0 Å². The van der Waals surface area contributed by atoms with Crippen molar-refractivity contribution in [2.75, 3.05) is 24.7 Å². The zero-order chi connectivity index (χ0) is 29.3. The summed E-state index contributed by atoms with van der Waals surface area (Å²) in [5, 5.41) is 7.78. The van der Waals surface area contributed by atoms with Crippen molar-refractivity contribution in [3.63, 3.8) is 0 Å². The number of nitrogens with two attached hydrogens (primary N) is 1. The van der Waals surface area contributed by atoms with E-state index in [9.17, 15) is 9.59 Å². The maximum absolute atomic E-state index is 14.5. The number of nitrogens with zero attached hydrogens (tertiary/aromatic N) is 1. The van der Waals surface area contributed by atoms with Gasteiger partial charge in [-0.2, -0.15) is 0 Å². The van der Waals surface area contributed by atoms with Crippen molar-refractivity contribution in [3.8, 4) is 0 Å². The number of ether oxygens (including phenoxy) is 1. The van der Waals surface area contributed by atoms with Crippen LogP contribution in [0.4, 0.5) is 11.4 Å². The van der Waals surface area contributed by atoms with Crippen LogP contribution in [0.2, 0.25) is 5.02 Å². The van der Waals surface area contributed by atoms with Crippen LogP contribution < -0.4 is 16.4 Å². The summed E-state index contributed by atoms with van der Waals surface area (Å²) in [6, 6.07) is 17.5. The molecule has 42 heavy (non-hydrogen) atoms. The molecule has 0 radical (unpaired) electrons. The quantitative estimate of drug-likeness (QED) is 0.251. The fourth-order valence-corrected chi connectivity index (χ4v) is 8.08. The van der Waals surface area contributed by atoms with Gasteiger partial charge in [0.1, 0.15) is 5.54 Å². The normalized spacial score (nSPS) is 28.0. The van der Waals surface area contributed by atoms with E-state index in [0.29, 0.717) is 22.2 Å². The number of nitrogen functional groups attached to an aromatic ring is 1. The number of amides is 1. The second-order valence-electron chi connectivity index (χ2n) is 12.1. The molecule has 1 saturated carbocycles. The number of halogens is 1. The molecule has 8 heteroatoms. The highest BCUT2D eigenvalue weighted by Crippen LogP contribution is 2.61. The number of aryl methyl sites for hydroxylation is 1. The van der Waals surface area contributed by atoms with Crippen molar-refractivity contribution in [1.29, 1.82) is 0 Å². The van der Waals surface area contributed by atoms with Crippen molar-refractivity contribution in [2.45, 2.75) is 55.8 Å². The third kappa shape index (κ3) is 3.94. The van der Waals surface area contributed by atoms with Crippen LogP contribution in [0.1, 0.15) is 69.4 Å².